The molecule has 1 nitrogen and oxygen atoms in total. The van der Waals surface area contributed by atoms with Gasteiger partial charge in [-0.3, -0.25) is 4.79 Å². The van der Waals surface area contributed by atoms with Gasteiger partial charge in [0.1, 0.15) is 0 Å². The lowest BCUT2D eigenvalue weighted by Gasteiger charge is -2.04. The molecule has 0 radical (unpaired) electrons. The second-order valence-electron chi connectivity index (χ2n) is 5.49. The van der Waals surface area contributed by atoms with E-state index in [-0.39, 0.29) is 5.78 Å². The Kier molecular flexibility index (Phi) is 4.21. The summed E-state index contributed by atoms with van der Waals surface area (Å²) in [6, 6.07) is 20.6. The second kappa shape index (κ2) is 6.29. The largest absolute Gasteiger partial charge is 0.294 e. The van der Waals surface area contributed by atoms with Crippen molar-refractivity contribution < 1.29 is 4.79 Å². The van der Waals surface area contributed by atoms with Crippen molar-refractivity contribution in [3.8, 4) is 11.1 Å². The van der Waals surface area contributed by atoms with Crippen LogP contribution in [-0.2, 0) is 6.42 Å². The summed E-state index contributed by atoms with van der Waals surface area (Å²) in [5, 5.41) is 0. The van der Waals surface area contributed by atoms with Crippen LogP contribution in [0, 0.1) is 13.8 Å². The predicted octanol–water partition coefficient (Wildman–Crippen LogP) is 5.46. The number of benzene rings is 2. The molecule has 0 spiro atoms. The number of hydrogen-bond donors (Lipinski definition) is 0. The number of carbonyl (C=O) groups excluding carboxylic acids is 1. The number of hydrogen-bond acceptors (Lipinski definition) is 2. The predicted molar refractivity (Wildman–Crippen MR) is 93.7 cm³/mol. The van der Waals surface area contributed by atoms with Crippen LogP contribution in [0.1, 0.15) is 25.7 Å². The minimum absolute atomic E-state index is 0.203. The van der Waals surface area contributed by atoms with Gasteiger partial charge in [0, 0.05) is 21.7 Å². The third-order valence-corrected chi connectivity index (χ3v) is 4.73. The van der Waals surface area contributed by atoms with E-state index in [0.717, 1.165) is 16.0 Å². The maximum atomic E-state index is 12.4. The normalized spacial score (nSPS) is 10.6. The second-order valence-corrected chi connectivity index (χ2v) is 6.95. The molecule has 0 saturated heterocycles. The standard InChI is InChI=1S/C20H18OS/c1-14-12-19(15(2)22-14)20(21)13-16-8-10-18(11-9-16)17-6-4-3-5-7-17/h3-12H,13H2,1-2H3. The smallest absolute Gasteiger partial charge is 0.168 e. The van der Waals surface area contributed by atoms with Crippen LogP contribution in [0.15, 0.2) is 60.7 Å². The molecule has 110 valence electrons. The van der Waals surface area contributed by atoms with Crippen molar-refractivity contribution in [3.63, 3.8) is 0 Å². The van der Waals surface area contributed by atoms with Crippen molar-refractivity contribution in [1.82, 2.24) is 0 Å². The third-order valence-electron chi connectivity index (χ3n) is 3.77. The molecular weight excluding hydrogens is 288 g/mol. The quantitative estimate of drug-likeness (QED) is 0.585. The van der Waals surface area contributed by atoms with Gasteiger partial charge in [-0.15, -0.1) is 11.3 Å². The van der Waals surface area contributed by atoms with Gasteiger partial charge in [-0.25, -0.2) is 0 Å². The number of thiophene rings is 1. The number of aryl methyl sites for hydroxylation is 2. The van der Waals surface area contributed by atoms with Crippen LogP contribution in [0.25, 0.3) is 11.1 Å². The van der Waals surface area contributed by atoms with Crippen LogP contribution in [-0.4, -0.2) is 5.78 Å². The van der Waals surface area contributed by atoms with E-state index in [4.69, 9.17) is 0 Å². The van der Waals surface area contributed by atoms with Gasteiger partial charge in [0.2, 0.25) is 0 Å². The number of carbonyl (C=O) groups is 1. The minimum Gasteiger partial charge on any atom is -0.294 e. The Morgan fingerprint density at radius 3 is 2.14 bits per heavy atom. The van der Waals surface area contributed by atoms with E-state index >= 15 is 0 Å². The average Bonchev–Trinajstić information content (AvgIpc) is 2.88. The number of Topliss-reactive ketones (excluding diaryl/α,β-unsaturated/α-hetero) is 1. The molecule has 1 heterocycles. The Balaban J connectivity index is 1.76. The lowest BCUT2D eigenvalue weighted by atomic mass is 10.00. The molecule has 1 aromatic heterocycles. The summed E-state index contributed by atoms with van der Waals surface area (Å²) in [4.78, 5) is 14.7. The highest BCUT2D eigenvalue weighted by atomic mass is 32.1. The van der Waals surface area contributed by atoms with Gasteiger partial charge in [0.05, 0.1) is 0 Å². The number of rotatable bonds is 4. The Bertz CT molecular complexity index is 782. The van der Waals surface area contributed by atoms with E-state index in [1.54, 1.807) is 11.3 Å². The molecule has 0 unspecified atom stereocenters. The van der Waals surface area contributed by atoms with Crippen molar-refractivity contribution in [2.75, 3.05) is 0 Å². The lowest BCUT2D eigenvalue weighted by Crippen LogP contribution is -2.03. The number of ketones is 1. The molecule has 2 heteroatoms. The summed E-state index contributed by atoms with van der Waals surface area (Å²) >= 11 is 1.69. The van der Waals surface area contributed by atoms with E-state index in [9.17, 15) is 4.79 Å². The average molecular weight is 306 g/mol. The zero-order valence-electron chi connectivity index (χ0n) is 12.8. The highest BCUT2D eigenvalue weighted by Gasteiger charge is 2.12. The zero-order valence-corrected chi connectivity index (χ0v) is 13.6. The van der Waals surface area contributed by atoms with Crippen LogP contribution in [0.2, 0.25) is 0 Å². The summed E-state index contributed by atoms with van der Waals surface area (Å²) in [6.45, 7) is 4.06. The molecule has 0 atom stereocenters. The van der Waals surface area contributed by atoms with Crippen LogP contribution in [0.3, 0.4) is 0 Å². The Labute approximate surface area is 135 Å². The molecule has 0 aliphatic rings. The molecule has 2 aromatic carbocycles. The Morgan fingerprint density at radius 1 is 0.909 bits per heavy atom. The maximum absolute atomic E-state index is 12.4. The van der Waals surface area contributed by atoms with Crippen LogP contribution in [0.4, 0.5) is 0 Å². The van der Waals surface area contributed by atoms with Crippen molar-refractivity contribution in [2.24, 2.45) is 0 Å². The summed E-state index contributed by atoms with van der Waals surface area (Å²) in [5.74, 6) is 0.203. The lowest BCUT2D eigenvalue weighted by molar-refractivity contribution is 0.0993. The van der Waals surface area contributed by atoms with Crippen molar-refractivity contribution in [3.05, 3.63) is 81.5 Å². The molecule has 0 aliphatic heterocycles. The first-order chi connectivity index (χ1) is 10.6. The fourth-order valence-corrected chi connectivity index (χ4v) is 3.58. The van der Waals surface area contributed by atoms with E-state index in [0.29, 0.717) is 6.42 Å². The van der Waals surface area contributed by atoms with Crippen molar-refractivity contribution in [1.29, 1.82) is 0 Å². The SMILES string of the molecule is Cc1cc(C(=O)Cc2ccc(-c3ccccc3)cc2)c(C)s1. The van der Waals surface area contributed by atoms with Gasteiger partial charge in [-0.1, -0.05) is 54.6 Å². The maximum Gasteiger partial charge on any atom is 0.168 e. The minimum atomic E-state index is 0.203. The monoisotopic (exact) mass is 306 g/mol. The highest BCUT2D eigenvalue weighted by Crippen LogP contribution is 2.23. The first-order valence-corrected chi connectivity index (χ1v) is 8.20. The van der Waals surface area contributed by atoms with E-state index in [1.807, 2.05) is 38.1 Å². The molecular formula is C20H18OS. The summed E-state index contributed by atoms with van der Waals surface area (Å²) < 4.78 is 0. The first kappa shape index (κ1) is 14.7. The Hall–Kier alpha value is -2.19. The van der Waals surface area contributed by atoms with Gasteiger partial charge in [-0.05, 0) is 36.6 Å². The molecule has 3 rings (SSSR count). The molecule has 3 aromatic rings. The van der Waals surface area contributed by atoms with Crippen molar-refractivity contribution in [2.45, 2.75) is 20.3 Å². The summed E-state index contributed by atoms with van der Waals surface area (Å²) in [7, 11) is 0. The molecule has 0 saturated carbocycles. The van der Waals surface area contributed by atoms with E-state index in [2.05, 4.69) is 36.4 Å². The van der Waals surface area contributed by atoms with Crippen molar-refractivity contribution >= 4 is 17.1 Å². The fraction of sp³-hybridized carbons (Fsp3) is 0.150. The summed E-state index contributed by atoms with van der Waals surface area (Å²) in [6.07, 6.45) is 0.464. The van der Waals surface area contributed by atoms with E-state index in [1.165, 1.54) is 16.0 Å². The van der Waals surface area contributed by atoms with Gasteiger partial charge < -0.3 is 0 Å². The molecule has 22 heavy (non-hydrogen) atoms. The van der Waals surface area contributed by atoms with Crippen LogP contribution in [0.5, 0.6) is 0 Å². The third kappa shape index (κ3) is 3.18. The van der Waals surface area contributed by atoms with Crippen LogP contribution < -0.4 is 0 Å². The molecule has 0 amide bonds. The topological polar surface area (TPSA) is 17.1 Å². The van der Waals surface area contributed by atoms with Gasteiger partial charge in [0.15, 0.2) is 5.78 Å². The highest BCUT2D eigenvalue weighted by molar-refractivity contribution is 7.12. The van der Waals surface area contributed by atoms with Gasteiger partial charge in [0.25, 0.3) is 0 Å². The first-order valence-electron chi connectivity index (χ1n) is 7.38. The molecule has 0 fully saturated rings. The Morgan fingerprint density at radius 2 is 1.55 bits per heavy atom. The van der Waals surface area contributed by atoms with Gasteiger partial charge >= 0.3 is 0 Å². The van der Waals surface area contributed by atoms with Crippen LogP contribution >= 0.6 is 11.3 Å². The van der Waals surface area contributed by atoms with Gasteiger partial charge in [-0.2, -0.15) is 0 Å². The molecule has 0 N–H and O–H groups in total. The van der Waals surface area contributed by atoms with E-state index < -0.39 is 0 Å². The molecule has 0 aliphatic carbocycles. The molecule has 0 bridgehead atoms. The summed E-state index contributed by atoms with van der Waals surface area (Å²) in [5.41, 5.74) is 4.31. The zero-order chi connectivity index (χ0) is 15.5. The fourth-order valence-electron chi connectivity index (χ4n) is 2.63.